The number of hydrogen-bond acceptors (Lipinski definition) is 2. The topological polar surface area (TPSA) is 62.4 Å². The van der Waals surface area contributed by atoms with Crippen molar-refractivity contribution in [1.29, 1.82) is 0 Å². The zero-order valence-corrected chi connectivity index (χ0v) is 11.4. The molecule has 0 unspecified atom stereocenters. The van der Waals surface area contributed by atoms with Gasteiger partial charge in [-0.05, 0) is 31.0 Å². The molecule has 0 amide bonds. The first kappa shape index (κ1) is 13.5. The minimum atomic E-state index is 0.335. The number of rotatable bonds is 2. The second-order valence-corrected chi connectivity index (χ2v) is 5.15. The molecule has 2 rings (SSSR count). The molecule has 0 saturated heterocycles. The minimum Gasteiger partial charge on any atom is -0.324 e. The van der Waals surface area contributed by atoms with Gasteiger partial charge < -0.3 is 5.32 Å². The van der Waals surface area contributed by atoms with Gasteiger partial charge in [0.15, 0.2) is 0 Å². The van der Waals surface area contributed by atoms with Gasteiger partial charge in [0.2, 0.25) is 5.96 Å². The van der Waals surface area contributed by atoms with E-state index >= 15 is 0 Å². The molecule has 0 heterocycles. The molecule has 1 fully saturated rings. The number of benzene rings is 1. The summed E-state index contributed by atoms with van der Waals surface area (Å²) < 4.78 is 0. The van der Waals surface area contributed by atoms with Crippen molar-refractivity contribution in [2.75, 3.05) is 5.32 Å². The van der Waals surface area contributed by atoms with Crippen LogP contribution in [0, 0.1) is 0 Å². The lowest BCUT2D eigenvalue weighted by molar-refractivity contribution is 0.700. The van der Waals surface area contributed by atoms with E-state index in [0.717, 1.165) is 12.8 Å². The summed E-state index contributed by atoms with van der Waals surface area (Å²) in [6.07, 6.45) is 4.67. The highest BCUT2D eigenvalue weighted by atomic mass is 35.5. The Bertz CT molecular complexity index is 442. The van der Waals surface area contributed by atoms with Gasteiger partial charge >= 0.3 is 0 Å². The first-order valence-electron chi connectivity index (χ1n) is 5.95. The Kier molecular flexibility index (Phi) is 4.69. The number of nitrogens with one attached hydrogen (secondary N) is 2. The molecule has 0 atom stereocenters. The molecule has 1 aliphatic carbocycles. The van der Waals surface area contributed by atoms with E-state index in [1.807, 2.05) is 0 Å². The molecule has 0 radical (unpaired) electrons. The van der Waals surface area contributed by atoms with Crippen LogP contribution in [0.1, 0.15) is 25.7 Å². The minimum absolute atomic E-state index is 0.335. The predicted octanol–water partition coefficient (Wildman–Crippen LogP) is 3.17. The van der Waals surface area contributed by atoms with E-state index in [9.17, 15) is 0 Å². The van der Waals surface area contributed by atoms with Crippen LogP contribution >= 0.6 is 23.2 Å². The van der Waals surface area contributed by atoms with Crippen molar-refractivity contribution in [1.82, 2.24) is 5.43 Å². The number of anilines is 1. The first-order chi connectivity index (χ1) is 8.69. The Morgan fingerprint density at radius 2 is 2.00 bits per heavy atom. The summed E-state index contributed by atoms with van der Waals surface area (Å²) in [6.45, 7) is 0. The number of nitrogens with two attached hydrogens (primary N) is 1. The Morgan fingerprint density at radius 1 is 1.28 bits per heavy atom. The molecule has 4 nitrogen and oxygen atoms in total. The largest absolute Gasteiger partial charge is 0.324 e. The Morgan fingerprint density at radius 3 is 2.67 bits per heavy atom. The maximum absolute atomic E-state index is 6.07. The maximum Gasteiger partial charge on any atom is 0.210 e. The van der Waals surface area contributed by atoms with Crippen LogP contribution in [-0.2, 0) is 0 Å². The van der Waals surface area contributed by atoms with Gasteiger partial charge in [-0.3, -0.25) is 5.43 Å². The molecular formula is C12H16Cl2N4. The van der Waals surface area contributed by atoms with Crippen LogP contribution in [0.5, 0.6) is 0 Å². The second kappa shape index (κ2) is 6.27. The van der Waals surface area contributed by atoms with Gasteiger partial charge in [-0.2, -0.15) is 0 Å². The molecule has 18 heavy (non-hydrogen) atoms. The quantitative estimate of drug-likeness (QED) is 0.339. The van der Waals surface area contributed by atoms with E-state index < -0.39 is 0 Å². The molecular weight excluding hydrogens is 271 g/mol. The van der Waals surface area contributed by atoms with E-state index in [4.69, 9.17) is 29.0 Å². The summed E-state index contributed by atoms with van der Waals surface area (Å²) in [5.41, 5.74) is 3.25. The van der Waals surface area contributed by atoms with Crippen LogP contribution in [0.15, 0.2) is 23.2 Å². The SMILES string of the molecule is NNC(=NC1CCCC1)Nc1cc(Cl)ccc1Cl. The van der Waals surface area contributed by atoms with Crippen LogP contribution in [0.4, 0.5) is 5.69 Å². The van der Waals surface area contributed by atoms with Gasteiger partial charge in [-0.25, -0.2) is 10.8 Å². The lowest BCUT2D eigenvalue weighted by Crippen LogP contribution is -2.37. The Hall–Kier alpha value is -0.970. The lowest BCUT2D eigenvalue weighted by atomic mass is 10.3. The summed E-state index contributed by atoms with van der Waals surface area (Å²) in [5.74, 6) is 5.99. The van der Waals surface area contributed by atoms with Crippen molar-refractivity contribution in [3.05, 3.63) is 28.2 Å². The summed E-state index contributed by atoms with van der Waals surface area (Å²) >= 11 is 12.0. The summed E-state index contributed by atoms with van der Waals surface area (Å²) in [6, 6.07) is 5.54. The van der Waals surface area contributed by atoms with Gasteiger partial charge in [-0.1, -0.05) is 36.0 Å². The summed E-state index contributed by atoms with van der Waals surface area (Å²) in [7, 11) is 0. The van der Waals surface area contributed by atoms with Gasteiger partial charge in [0.1, 0.15) is 0 Å². The molecule has 0 aliphatic heterocycles. The number of hydrazine groups is 1. The summed E-state index contributed by atoms with van der Waals surface area (Å²) in [5, 5.41) is 4.25. The van der Waals surface area contributed by atoms with E-state index in [2.05, 4.69) is 15.7 Å². The predicted molar refractivity (Wildman–Crippen MR) is 77.1 cm³/mol. The van der Waals surface area contributed by atoms with Crippen molar-refractivity contribution in [2.45, 2.75) is 31.7 Å². The van der Waals surface area contributed by atoms with Crippen molar-refractivity contribution in [3.8, 4) is 0 Å². The maximum atomic E-state index is 6.07. The molecule has 0 spiro atoms. The molecule has 0 bridgehead atoms. The number of aliphatic imine (C=N–C) groups is 1. The smallest absolute Gasteiger partial charge is 0.210 e. The van der Waals surface area contributed by atoms with Crippen molar-refractivity contribution in [2.24, 2.45) is 10.8 Å². The Labute approximate surface area is 117 Å². The molecule has 1 saturated carbocycles. The fourth-order valence-electron chi connectivity index (χ4n) is 2.04. The van der Waals surface area contributed by atoms with Crippen LogP contribution < -0.4 is 16.6 Å². The monoisotopic (exact) mass is 286 g/mol. The highest BCUT2D eigenvalue weighted by molar-refractivity contribution is 6.35. The van der Waals surface area contributed by atoms with Gasteiger partial charge in [0.25, 0.3) is 0 Å². The fraction of sp³-hybridized carbons (Fsp3) is 0.417. The third-order valence-corrected chi connectivity index (χ3v) is 3.52. The van der Waals surface area contributed by atoms with Crippen LogP contribution in [-0.4, -0.2) is 12.0 Å². The molecule has 98 valence electrons. The molecule has 1 aromatic rings. The first-order valence-corrected chi connectivity index (χ1v) is 6.71. The average Bonchev–Trinajstić information content (AvgIpc) is 2.85. The number of guanidine groups is 1. The van der Waals surface area contributed by atoms with Gasteiger partial charge in [0, 0.05) is 5.02 Å². The van der Waals surface area contributed by atoms with E-state index in [1.54, 1.807) is 18.2 Å². The molecule has 4 N–H and O–H groups in total. The zero-order chi connectivity index (χ0) is 13.0. The van der Waals surface area contributed by atoms with Crippen LogP contribution in [0.25, 0.3) is 0 Å². The molecule has 1 aliphatic rings. The zero-order valence-electron chi connectivity index (χ0n) is 9.92. The van der Waals surface area contributed by atoms with E-state index in [1.165, 1.54) is 12.8 Å². The van der Waals surface area contributed by atoms with Crippen molar-refractivity contribution in [3.63, 3.8) is 0 Å². The Balaban J connectivity index is 2.11. The number of hydrogen-bond donors (Lipinski definition) is 3. The van der Waals surface area contributed by atoms with Crippen LogP contribution in [0.3, 0.4) is 0 Å². The van der Waals surface area contributed by atoms with Gasteiger partial charge in [0.05, 0.1) is 16.8 Å². The lowest BCUT2D eigenvalue weighted by Gasteiger charge is -2.13. The van der Waals surface area contributed by atoms with Crippen molar-refractivity contribution < 1.29 is 0 Å². The molecule has 0 aromatic heterocycles. The van der Waals surface area contributed by atoms with Gasteiger partial charge in [-0.15, -0.1) is 0 Å². The third kappa shape index (κ3) is 3.51. The number of nitrogens with zero attached hydrogens (tertiary/aromatic N) is 1. The molecule has 6 heteroatoms. The highest BCUT2D eigenvalue weighted by Crippen LogP contribution is 2.26. The highest BCUT2D eigenvalue weighted by Gasteiger charge is 2.15. The van der Waals surface area contributed by atoms with E-state index in [0.29, 0.717) is 27.7 Å². The molecule has 1 aromatic carbocycles. The number of halogens is 2. The van der Waals surface area contributed by atoms with Crippen LogP contribution in [0.2, 0.25) is 10.0 Å². The average molecular weight is 287 g/mol. The second-order valence-electron chi connectivity index (χ2n) is 4.31. The third-order valence-electron chi connectivity index (χ3n) is 2.95. The normalized spacial score (nSPS) is 16.9. The van der Waals surface area contributed by atoms with E-state index in [-0.39, 0.29) is 0 Å². The standard InChI is InChI=1S/C12H16Cl2N4/c13-8-5-6-10(14)11(7-8)17-12(18-15)16-9-3-1-2-4-9/h5-7,9H,1-4,15H2,(H2,16,17,18). The fourth-order valence-corrected chi connectivity index (χ4v) is 2.38. The summed E-state index contributed by atoms with van der Waals surface area (Å²) in [4.78, 5) is 4.53. The van der Waals surface area contributed by atoms with Crippen molar-refractivity contribution >= 4 is 34.8 Å².